The van der Waals surface area contributed by atoms with Gasteiger partial charge in [0, 0.05) is 0 Å². The molecule has 3 nitrogen and oxygen atoms in total. The van der Waals surface area contributed by atoms with E-state index < -0.39 is 5.97 Å². The van der Waals surface area contributed by atoms with Crippen LogP contribution in [0, 0.1) is 0 Å². The van der Waals surface area contributed by atoms with Crippen LogP contribution in [0.25, 0.3) is 6.08 Å². The zero-order valence-electron chi connectivity index (χ0n) is 7.53. The van der Waals surface area contributed by atoms with Crippen LogP contribution < -0.4 is 0 Å². The molecule has 0 spiro atoms. The van der Waals surface area contributed by atoms with Crippen molar-refractivity contribution in [2.24, 2.45) is 0 Å². The summed E-state index contributed by atoms with van der Waals surface area (Å²) in [7, 11) is 0. The van der Waals surface area contributed by atoms with Crippen molar-refractivity contribution in [1.82, 2.24) is 0 Å². The van der Waals surface area contributed by atoms with Crippen molar-refractivity contribution in [3.05, 3.63) is 34.9 Å². The van der Waals surface area contributed by atoms with Crippen LogP contribution >= 0.6 is 0 Å². The number of aromatic hydroxyl groups is 1. The highest BCUT2D eigenvalue weighted by Gasteiger charge is 2.14. The van der Waals surface area contributed by atoms with Crippen molar-refractivity contribution in [1.29, 1.82) is 0 Å². The maximum absolute atomic E-state index is 10.5. The standard InChI is InChI=1S/C11H10O3/c12-10-2-1-8-3-7(5-11(13)14)4-9(8)6-10/h1-2,4,6,12H,3,5H2,(H,13,14). The van der Waals surface area contributed by atoms with E-state index in [0.717, 1.165) is 16.7 Å². The number of aliphatic carboxylic acids is 1. The first kappa shape index (κ1) is 8.81. The molecule has 1 aliphatic rings. The molecule has 0 unspecified atom stereocenters. The predicted octanol–water partition coefficient (Wildman–Crippen LogP) is 1.81. The minimum absolute atomic E-state index is 0.0788. The molecule has 0 heterocycles. The molecular weight excluding hydrogens is 180 g/mol. The number of hydrogen-bond acceptors (Lipinski definition) is 2. The van der Waals surface area contributed by atoms with Gasteiger partial charge in [0.05, 0.1) is 6.42 Å². The van der Waals surface area contributed by atoms with Gasteiger partial charge < -0.3 is 10.2 Å². The summed E-state index contributed by atoms with van der Waals surface area (Å²) in [6.07, 6.45) is 2.60. The number of carbonyl (C=O) groups is 1. The molecule has 0 bridgehead atoms. The smallest absolute Gasteiger partial charge is 0.307 e. The van der Waals surface area contributed by atoms with Gasteiger partial charge in [0.15, 0.2) is 0 Å². The second-order valence-corrected chi connectivity index (χ2v) is 3.43. The minimum Gasteiger partial charge on any atom is -0.508 e. The summed E-state index contributed by atoms with van der Waals surface area (Å²) in [4.78, 5) is 10.5. The molecule has 1 aliphatic carbocycles. The van der Waals surface area contributed by atoms with E-state index in [-0.39, 0.29) is 12.2 Å². The van der Waals surface area contributed by atoms with Crippen LogP contribution in [0.2, 0.25) is 0 Å². The fraction of sp³-hybridized carbons (Fsp3) is 0.182. The zero-order chi connectivity index (χ0) is 10.1. The number of fused-ring (bicyclic) bond motifs is 1. The van der Waals surface area contributed by atoms with Crippen LogP contribution in [-0.4, -0.2) is 16.2 Å². The second kappa shape index (κ2) is 3.18. The molecule has 0 fully saturated rings. The van der Waals surface area contributed by atoms with Crippen molar-refractivity contribution >= 4 is 12.0 Å². The molecule has 0 saturated heterocycles. The third kappa shape index (κ3) is 1.62. The molecule has 0 atom stereocenters. The zero-order valence-corrected chi connectivity index (χ0v) is 7.53. The Morgan fingerprint density at radius 1 is 1.43 bits per heavy atom. The quantitative estimate of drug-likeness (QED) is 0.747. The Kier molecular flexibility index (Phi) is 2.00. The predicted molar refractivity (Wildman–Crippen MR) is 52.0 cm³/mol. The summed E-state index contributed by atoms with van der Waals surface area (Å²) in [6.45, 7) is 0. The summed E-state index contributed by atoms with van der Waals surface area (Å²) >= 11 is 0. The van der Waals surface area contributed by atoms with Crippen molar-refractivity contribution in [2.45, 2.75) is 12.8 Å². The third-order valence-corrected chi connectivity index (χ3v) is 2.28. The Hall–Kier alpha value is -1.77. The van der Waals surface area contributed by atoms with E-state index >= 15 is 0 Å². The van der Waals surface area contributed by atoms with E-state index in [2.05, 4.69) is 0 Å². The first-order valence-electron chi connectivity index (χ1n) is 4.38. The lowest BCUT2D eigenvalue weighted by molar-refractivity contribution is -0.136. The van der Waals surface area contributed by atoms with Gasteiger partial charge in [-0.2, -0.15) is 0 Å². The van der Waals surface area contributed by atoms with E-state index in [4.69, 9.17) is 5.11 Å². The minimum atomic E-state index is -0.812. The van der Waals surface area contributed by atoms with Gasteiger partial charge in [-0.1, -0.05) is 17.7 Å². The summed E-state index contributed by atoms with van der Waals surface area (Å²) in [5.41, 5.74) is 2.90. The van der Waals surface area contributed by atoms with Gasteiger partial charge in [-0.15, -0.1) is 0 Å². The maximum Gasteiger partial charge on any atom is 0.307 e. The highest BCUT2D eigenvalue weighted by molar-refractivity contribution is 5.75. The van der Waals surface area contributed by atoms with E-state index in [0.29, 0.717) is 6.42 Å². The number of hydrogen-bond donors (Lipinski definition) is 2. The Balaban J connectivity index is 2.25. The molecule has 1 aromatic carbocycles. The Labute approximate surface area is 81.3 Å². The Morgan fingerprint density at radius 2 is 2.21 bits per heavy atom. The molecule has 0 aromatic heterocycles. The highest BCUT2D eigenvalue weighted by Crippen LogP contribution is 2.29. The summed E-state index contributed by atoms with van der Waals surface area (Å²) < 4.78 is 0. The molecule has 0 saturated carbocycles. The first-order chi connectivity index (χ1) is 6.65. The van der Waals surface area contributed by atoms with E-state index in [9.17, 15) is 9.90 Å². The molecule has 14 heavy (non-hydrogen) atoms. The Morgan fingerprint density at radius 3 is 2.93 bits per heavy atom. The fourth-order valence-electron chi connectivity index (χ4n) is 1.70. The summed E-state index contributed by atoms with van der Waals surface area (Å²) in [5, 5.41) is 17.8. The third-order valence-electron chi connectivity index (χ3n) is 2.28. The van der Waals surface area contributed by atoms with Crippen molar-refractivity contribution in [3.8, 4) is 5.75 Å². The monoisotopic (exact) mass is 190 g/mol. The van der Waals surface area contributed by atoms with Gasteiger partial charge in [0.1, 0.15) is 5.75 Å². The van der Waals surface area contributed by atoms with Gasteiger partial charge in [-0.25, -0.2) is 0 Å². The lowest BCUT2D eigenvalue weighted by atomic mass is 10.1. The van der Waals surface area contributed by atoms with Crippen molar-refractivity contribution in [2.75, 3.05) is 0 Å². The average Bonchev–Trinajstić information content (AvgIpc) is 2.44. The maximum atomic E-state index is 10.5. The lowest BCUT2D eigenvalue weighted by Gasteiger charge is -1.98. The molecule has 3 heteroatoms. The number of carboxylic acid groups (broad SMARTS) is 1. The molecule has 0 amide bonds. The van der Waals surface area contributed by atoms with Crippen LogP contribution in [0.1, 0.15) is 17.5 Å². The summed E-state index contributed by atoms with van der Waals surface area (Å²) in [6, 6.07) is 5.11. The van der Waals surface area contributed by atoms with E-state index in [1.54, 1.807) is 12.1 Å². The van der Waals surface area contributed by atoms with Crippen molar-refractivity contribution in [3.63, 3.8) is 0 Å². The number of benzene rings is 1. The highest BCUT2D eigenvalue weighted by atomic mass is 16.4. The summed E-state index contributed by atoms with van der Waals surface area (Å²) in [5.74, 6) is -0.593. The molecule has 0 radical (unpaired) electrons. The van der Waals surface area contributed by atoms with E-state index in [1.807, 2.05) is 12.1 Å². The molecule has 2 N–H and O–H groups in total. The SMILES string of the molecule is O=C(O)CC1=Cc2cc(O)ccc2C1. The Bertz CT molecular complexity index is 419. The number of phenols is 1. The molecule has 1 aromatic rings. The van der Waals surface area contributed by atoms with Crippen LogP contribution in [-0.2, 0) is 11.2 Å². The van der Waals surface area contributed by atoms with Gasteiger partial charge in [-0.05, 0) is 29.7 Å². The molecule has 72 valence electrons. The van der Waals surface area contributed by atoms with Gasteiger partial charge in [0.2, 0.25) is 0 Å². The van der Waals surface area contributed by atoms with Crippen LogP contribution in [0.3, 0.4) is 0 Å². The normalized spacial score (nSPS) is 13.6. The van der Waals surface area contributed by atoms with Gasteiger partial charge in [-0.3, -0.25) is 4.79 Å². The average molecular weight is 190 g/mol. The van der Waals surface area contributed by atoms with Crippen molar-refractivity contribution < 1.29 is 15.0 Å². The number of rotatable bonds is 2. The lowest BCUT2D eigenvalue weighted by Crippen LogP contribution is -1.96. The number of phenolic OH excluding ortho intramolecular Hbond substituents is 1. The van der Waals surface area contributed by atoms with Crippen LogP contribution in [0.15, 0.2) is 23.8 Å². The van der Waals surface area contributed by atoms with Crippen LogP contribution in [0.4, 0.5) is 0 Å². The first-order valence-corrected chi connectivity index (χ1v) is 4.38. The largest absolute Gasteiger partial charge is 0.508 e. The molecule has 0 aliphatic heterocycles. The van der Waals surface area contributed by atoms with Gasteiger partial charge >= 0.3 is 5.97 Å². The second-order valence-electron chi connectivity index (χ2n) is 3.43. The molecule has 2 rings (SSSR count). The van der Waals surface area contributed by atoms with E-state index in [1.165, 1.54) is 0 Å². The fourth-order valence-corrected chi connectivity index (χ4v) is 1.70. The van der Waals surface area contributed by atoms with Gasteiger partial charge in [0.25, 0.3) is 0 Å². The van der Waals surface area contributed by atoms with Crippen LogP contribution in [0.5, 0.6) is 5.75 Å². The number of carboxylic acids is 1. The molecular formula is C11H10O3. The topological polar surface area (TPSA) is 57.5 Å².